The first-order valence-electron chi connectivity index (χ1n) is 7.54. The van der Waals surface area contributed by atoms with Gasteiger partial charge in [0.1, 0.15) is 6.33 Å². The molecular formula is C16H21N5O2. The van der Waals surface area contributed by atoms with E-state index < -0.39 is 4.92 Å². The van der Waals surface area contributed by atoms with Crippen molar-refractivity contribution in [1.82, 2.24) is 9.97 Å². The molecule has 0 atom stereocenters. The molecule has 0 aliphatic heterocycles. The number of nitrogens with zero attached hydrogens (tertiary/aromatic N) is 3. The molecule has 1 aromatic carbocycles. The summed E-state index contributed by atoms with van der Waals surface area (Å²) in [5.74, 6) is 0.928. The predicted octanol–water partition coefficient (Wildman–Crippen LogP) is 3.89. The van der Waals surface area contributed by atoms with Gasteiger partial charge in [0, 0.05) is 12.2 Å². The molecule has 0 saturated heterocycles. The van der Waals surface area contributed by atoms with Crippen molar-refractivity contribution in [2.24, 2.45) is 5.92 Å². The Labute approximate surface area is 135 Å². The van der Waals surface area contributed by atoms with E-state index in [4.69, 9.17) is 0 Å². The van der Waals surface area contributed by atoms with Crippen LogP contribution in [-0.4, -0.2) is 21.4 Å². The molecule has 0 amide bonds. The zero-order valence-electron chi connectivity index (χ0n) is 13.5. The summed E-state index contributed by atoms with van der Waals surface area (Å²) in [7, 11) is 0. The maximum Gasteiger partial charge on any atom is 0.353 e. The van der Waals surface area contributed by atoms with Crippen LogP contribution in [0.4, 0.5) is 23.0 Å². The van der Waals surface area contributed by atoms with Crippen LogP contribution in [0, 0.1) is 23.0 Å². The van der Waals surface area contributed by atoms with E-state index >= 15 is 0 Å². The molecule has 0 radical (unpaired) electrons. The van der Waals surface area contributed by atoms with Gasteiger partial charge < -0.3 is 10.6 Å². The first kappa shape index (κ1) is 16.7. The molecule has 7 heteroatoms. The van der Waals surface area contributed by atoms with Crippen molar-refractivity contribution >= 4 is 23.0 Å². The first-order chi connectivity index (χ1) is 11.0. The smallest absolute Gasteiger partial charge is 0.353 e. The molecule has 0 fully saturated rings. The molecule has 0 spiro atoms. The van der Waals surface area contributed by atoms with E-state index in [0.717, 1.165) is 17.7 Å². The van der Waals surface area contributed by atoms with Crippen molar-refractivity contribution in [3.8, 4) is 0 Å². The number of aryl methyl sites for hydroxylation is 1. The Hall–Kier alpha value is -2.70. The van der Waals surface area contributed by atoms with Crippen molar-refractivity contribution < 1.29 is 4.92 Å². The van der Waals surface area contributed by atoms with Gasteiger partial charge in [-0.2, -0.15) is 0 Å². The topological polar surface area (TPSA) is 93.0 Å². The standard InChI is InChI=1S/C16H21N5O2/c1-11(2)7-8-17-15-14(21(22)23)16(19-10-18-15)20-13-6-4-5-12(3)9-13/h4-6,9-11H,7-8H2,1-3H3,(H2,17,18,19,20). The van der Waals surface area contributed by atoms with Gasteiger partial charge in [0.2, 0.25) is 11.6 Å². The Morgan fingerprint density at radius 3 is 2.65 bits per heavy atom. The van der Waals surface area contributed by atoms with Crippen LogP contribution in [0.1, 0.15) is 25.8 Å². The fourth-order valence-electron chi connectivity index (χ4n) is 2.11. The summed E-state index contributed by atoms with van der Waals surface area (Å²) < 4.78 is 0. The summed E-state index contributed by atoms with van der Waals surface area (Å²) in [6.45, 7) is 6.78. The van der Waals surface area contributed by atoms with Crippen molar-refractivity contribution in [2.75, 3.05) is 17.2 Å². The minimum atomic E-state index is -0.462. The van der Waals surface area contributed by atoms with Gasteiger partial charge in [-0.3, -0.25) is 10.1 Å². The average molecular weight is 315 g/mol. The highest BCUT2D eigenvalue weighted by Crippen LogP contribution is 2.31. The van der Waals surface area contributed by atoms with Gasteiger partial charge in [0.05, 0.1) is 4.92 Å². The van der Waals surface area contributed by atoms with Crippen LogP contribution in [-0.2, 0) is 0 Å². The van der Waals surface area contributed by atoms with Crippen LogP contribution < -0.4 is 10.6 Å². The third kappa shape index (κ3) is 4.64. The summed E-state index contributed by atoms with van der Waals surface area (Å²) in [6.07, 6.45) is 2.23. The second-order valence-corrected chi connectivity index (χ2v) is 5.78. The summed E-state index contributed by atoms with van der Waals surface area (Å²) in [4.78, 5) is 19.0. The highest BCUT2D eigenvalue weighted by Gasteiger charge is 2.22. The number of hydrogen-bond donors (Lipinski definition) is 2. The third-order valence-corrected chi connectivity index (χ3v) is 3.30. The van der Waals surface area contributed by atoms with Gasteiger partial charge in [-0.05, 0) is 37.0 Å². The Bertz CT molecular complexity index is 688. The van der Waals surface area contributed by atoms with Crippen molar-refractivity contribution in [1.29, 1.82) is 0 Å². The Morgan fingerprint density at radius 2 is 2.00 bits per heavy atom. The van der Waals surface area contributed by atoms with E-state index in [9.17, 15) is 10.1 Å². The van der Waals surface area contributed by atoms with E-state index in [2.05, 4.69) is 34.4 Å². The van der Waals surface area contributed by atoms with Gasteiger partial charge >= 0.3 is 5.69 Å². The van der Waals surface area contributed by atoms with Gasteiger partial charge in [-0.15, -0.1) is 0 Å². The molecule has 2 rings (SSSR count). The molecule has 0 bridgehead atoms. The fraction of sp³-hybridized carbons (Fsp3) is 0.375. The van der Waals surface area contributed by atoms with Crippen LogP contribution in [0.25, 0.3) is 0 Å². The minimum absolute atomic E-state index is 0.141. The largest absolute Gasteiger partial charge is 0.364 e. The summed E-state index contributed by atoms with van der Waals surface area (Å²) in [6, 6.07) is 7.58. The maximum absolute atomic E-state index is 11.4. The molecule has 23 heavy (non-hydrogen) atoms. The highest BCUT2D eigenvalue weighted by molar-refractivity contribution is 5.73. The van der Waals surface area contributed by atoms with Gasteiger partial charge in [0.15, 0.2) is 0 Å². The zero-order chi connectivity index (χ0) is 16.8. The molecule has 1 heterocycles. The van der Waals surface area contributed by atoms with E-state index in [1.54, 1.807) is 0 Å². The number of aromatic nitrogens is 2. The molecular weight excluding hydrogens is 294 g/mol. The third-order valence-electron chi connectivity index (χ3n) is 3.30. The van der Waals surface area contributed by atoms with Gasteiger partial charge in [0.25, 0.3) is 0 Å². The number of benzene rings is 1. The number of hydrogen-bond acceptors (Lipinski definition) is 6. The molecule has 1 aromatic heterocycles. The first-order valence-corrected chi connectivity index (χ1v) is 7.54. The van der Waals surface area contributed by atoms with Gasteiger partial charge in [-0.1, -0.05) is 26.0 Å². The maximum atomic E-state index is 11.4. The number of rotatable bonds is 7. The molecule has 0 aliphatic rings. The second kappa shape index (κ2) is 7.53. The molecule has 122 valence electrons. The van der Waals surface area contributed by atoms with E-state index in [0.29, 0.717) is 12.5 Å². The normalized spacial score (nSPS) is 10.6. The number of nitro groups is 1. The van der Waals surface area contributed by atoms with Crippen LogP contribution >= 0.6 is 0 Å². The Morgan fingerprint density at radius 1 is 1.26 bits per heavy atom. The summed E-state index contributed by atoms with van der Waals surface area (Å²) in [5.41, 5.74) is 1.67. The lowest BCUT2D eigenvalue weighted by Gasteiger charge is -2.11. The second-order valence-electron chi connectivity index (χ2n) is 5.78. The molecule has 7 nitrogen and oxygen atoms in total. The number of nitrogens with one attached hydrogen (secondary N) is 2. The molecule has 0 unspecified atom stereocenters. The van der Waals surface area contributed by atoms with Crippen LogP contribution in [0.15, 0.2) is 30.6 Å². The minimum Gasteiger partial charge on any atom is -0.364 e. The lowest BCUT2D eigenvalue weighted by atomic mass is 10.1. The van der Waals surface area contributed by atoms with Crippen molar-refractivity contribution in [3.63, 3.8) is 0 Å². The summed E-state index contributed by atoms with van der Waals surface area (Å²) in [5, 5.41) is 17.5. The molecule has 0 aliphatic carbocycles. The summed E-state index contributed by atoms with van der Waals surface area (Å²) >= 11 is 0. The Balaban J connectivity index is 2.26. The Kier molecular flexibility index (Phi) is 5.46. The van der Waals surface area contributed by atoms with E-state index in [1.807, 2.05) is 31.2 Å². The van der Waals surface area contributed by atoms with Crippen LogP contribution in [0.5, 0.6) is 0 Å². The zero-order valence-corrected chi connectivity index (χ0v) is 13.5. The van der Waals surface area contributed by atoms with E-state index in [1.165, 1.54) is 6.33 Å². The van der Waals surface area contributed by atoms with Gasteiger partial charge in [-0.25, -0.2) is 9.97 Å². The fourth-order valence-corrected chi connectivity index (χ4v) is 2.11. The molecule has 2 N–H and O–H groups in total. The van der Waals surface area contributed by atoms with Crippen LogP contribution in [0.3, 0.4) is 0 Å². The van der Waals surface area contributed by atoms with Crippen molar-refractivity contribution in [2.45, 2.75) is 27.2 Å². The van der Waals surface area contributed by atoms with Crippen LogP contribution in [0.2, 0.25) is 0 Å². The quantitative estimate of drug-likeness (QED) is 0.594. The molecule has 0 saturated carbocycles. The number of anilines is 3. The predicted molar refractivity (Wildman–Crippen MR) is 91.1 cm³/mol. The van der Waals surface area contributed by atoms with E-state index in [-0.39, 0.29) is 17.3 Å². The lowest BCUT2D eigenvalue weighted by Crippen LogP contribution is -2.10. The highest BCUT2D eigenvalue weighted by atomic mass is 16.6. The molecule has 2 aromatic rings. The van der Waals surface area contributed by atoms with Crippen molar-refractivity contribution in [3.05, 3.63) is 46.3 Å². The monoisotopic (exact) mass is 315 g/mol. The SMILES string of the molecule is Cc1cccc(Nc2ncnc(NCCC(C)C)c2[N+](=O)[O-])c1. The average Bonchev–Trinajstić information content (AvgIpc) is 2.46. The lowest BCUT2D eigenvalue weighted by molar-refractivity contribution is -0.383.